The summed E-state index contributed by atoms with van der Waals surface area (Å²) in [6.07, 6.45) is 0.567. The first-order chi connectivity index (χ1) is 9.58. The van der Waals surface area contributed by atoms with Crippen LogP contribution in [0.15, 0.2) is 18.2 Å². The van der Waals surface area contributed by atoms with Crippen molar-refractivity contribution in [2.75, 3.05) is 45.1 Å². The van der Waals surface area contributed by atoms with Crippen molar-refractivity contribution in [2.45, 2.75) is 20.3 Å². The van der Waals surface area contributed by atoms with Gasteiger partial charge in [0.1, 0.15) is 0 Å². The Hall–Kier alpha value is -1.55. The molecule has 0 atom stereocenters. The van der Waals surface area contributed by atoms with Crippen molar-refractivity contribution in [2.24, 2.45) is 0 Å². The van der Waals surface area contributed by atoms with Gasteiger partial charge < -0.3 is 15.1 Å². The summed E-state index contributed by atoms with van der Waals surface area (Å²) in [6.45, 7) is 8.58. The summed E-state index contributed by atoms with van der Waals surface area (Å²) in [4.78, 5) is 16.4. The minimum Gasteiger partial charge on any atom is -0.384 e. The van der Waals surface area contributed by atoms with Crippen molar-refractivity contribution in [3.05, 3.63) is 29.3 Å². The normalized spacial score (nSPS) is 16.2. The molecule has 0 saturated carbocycles. The Labute approximate surface area is 121 Å². The maximum absolute atomic E-state index is 12.1. The first-order valence-corrected chi connectivity index (χ1v) is 7.34. The number of nitrogens with zero attached hydrogens (tertiary/aromatic N) is 2. The van der Waals surface area contributed by atoms with E-state index in [0.29, 0.717) is 13.0 Å². The molecule has 4 heteroatoms. The fourth-order valence-corrected chi connectivity index (χ4v) is 2.60. The quantitative estimate of drug-likeness (QED) is 0.911. The monoisotopic (exact) mass is 275 g/mol. The van der Waals surface area contributed by atoms with E-state index >= 15 is 0 Å². The minimum absolute atomic E-state index is 0.261. The number of hydrogen-bond acceptors (Lipinski definition) is 3. The van der Waals surface area contributed by atoms with E-state index in [0.717, 1.165) is 26.2 Å². The van der Waals surface area contributed by atoms with Crippen LogP contribution in [0.2, 0.25) is 0 Å². The van der Waals surface area contributed by atoms with Crippen molar-refractivity contribution >= 4 is 11.6 Å². The molecular weight excluding hydrogens is 250 g/mol. The van der Waals surface area contributed by atoms with E-state index in [1.165, 1.54) is 16.8 Å². The molecule has 1 aliphatic heterocycles. The molecular formula is C16H25N3O. The first kappa shape index (κ1) is 14.9. The van der Waals surface area contributed by atoms with Gasteiger partial charge in [-0.1, -0.05) is 18.2 Å². The molecule has 4 nitrogen and oxygen atoms in total. The van der Waals surface area contributed by atoms with Crippen molar-refractivity contribution < 1.29 is 4.79 Å². The highest BCUT2D eigenvalue weighted by Crippen LogP contribution is 2.19. The average molecular weight is 275 g/mol. The predicted octanol–water partition coefficient (Wildman–Crippen LogP) is 1.88. The number of aryl methyl sites for hydroxylation is 2. The van der Waals surface area contributed by atoms with Gasteiger partial charge in [0.05, 0.1) is 0 Å². The third-order valence-corrected chi connectivity index (χ3v) is 3.98. The van der Waals surface area contributed by atoms with E-state index in [4.69, 9.17) is 0 Å². The Morgan fingerprint density at radius 2 is 1.75 bits per heavy atom. The highest BCUT2D eigenvalue weighted by Gasteiger charge is 2.18. The number of nitrogens with one attached hydrogen (secondary N) is 1. The Morgan fingerprint density at radius 3 is 2.35 bits per heavy atom. The summed E-state index contributed by atoms with van der Waals surface area (Å²) < 4.78 is 0. The van der Waals surface area contributed by atoms with Crippen LogP contribution in [0.1, 0.15) is 17.5 Å². The number of amides is 1. The van der Waals surface area contributed by atoms with E-state index in [9.17, 15) is 4.79 Å². The van der Waals surface area contributed by atoms with Crippen LogP contribution in [0.4, 0.5) is 5.69 Å². The van der Waals surface area contributed by atoms with Crippen LogP contribution in [0.5, 0.6) is 0 Å². The molecule has 2 rings (SSSR count). The lowest BCUT2D eigenvalue weighted by Crippen LogP contribution is -2.47. The third-order valence-electron chi connectivity index (χ3n) is 3.98. The summed E-state index contributed by atoms with van der Waals surface area (Å²) >= 11 is 0. The lowest BCUT2D eigenvalue weighted by Gasteiger charge is -2.32. The fourth-order valence-electron chi connectivity index (χ4n) is 2.60. The van der Waals surface area contributed by atoms with E-state index < -0.39 is 0 Å². The molecule has 0 bridgehead atoms. The number of para-hydroxylation sites is 1. The van der Waals surface area contributed by atoms with Gasteiger partial charge in [0.25, 0.3) is 0 Å². The highest BCUT2D eigenvalue weighted by atomic mass is 16.2. The maximum atomic E-state index is 12.1. The Balaban J connectivity index is 1.79. The number of rotatable bonds is 4. The lowest BCUT2D eigenvalue weighted by molar-refractivity contribution is -0.132. The fraction of sp³-hybridized carbons (Fsp3) is 0.562. The van der Waals surface area contributed by atoms with Crippen LogP contribution >= 0.6 is 0 Å². The molecule has 1 aliphatic rings. The second-order valence-corrected chi connectivity index (χ2v) is 5.63. The van der Waals surface area contributed by atoms with Gasteiger partial charge in [0.2, 0.25) is 5.91 Å². The van der Waals surface area contributed by atoms with Crippen LogP contribution in [0.3, 0.4) is 0 Å². The lowest BCUT2D eigenvalue weighted by atomic mass is 10.1. The van der Waals surface area contributed by atoms with E-state index in [1.807, 2.05) is 4.90 Å². The summed E-state index contributed by atoms with van der Waals surface area (Å²) in [7, 11) is 2.10. The molecule has 110 valence electrons. The molecule has 20 heavy (non-hydrogen) atoms. The minimum atomic E-state index is 0.261. The largest absolute Gasteiger partial charge is 0.384 e. The molecule has 0 unspecified atom stereocenters. The molecule has 0 radical (unpaired) electrons. The zero-order chi connectivity index (χ0) is 14.5. The smallest absolute Gasteiger partial charge is 0.224 e. The molecule has 0 aromatic heterocycles. The number of likely N-dealkylation sites (N-methyl/N-ethyl adjacent to an activating group) is 1. The van der Waals surface area contributed by atoms with Crippen LogP contribution in [0.25, 0.3) is 0 Å². The van der Waals surface area contributed by atoms with E-state index in [-0.39, 0.29) is 5.91 Å². The first-order valence-electron chi connectivity index (χ1n) is 7.34. The second-order valence-electron chi connectivity index (χ2n) is 5.63. The van der Waals surface area contributed by atoms with Gasteiger partial charge >= 0.3 is 0 Å². The second kappa shape index (κ2) is 6.75. The van der Waals surface area contributed by atoms with Gasteiger partial charge in [0.15, 0.2) is 0 Å². The van der Waals surface area contributed by atoms with Gasteiger partial charge in [-0.3, -0.25) is 4.79 Å². The molecule has 1 aromatic rings. The van der Waals surface area contributed by atoms with Crippen LogP contribution in [-0.2, 0) is 4.79 Å². The summed E-state index contributed by atoms with van der Waals surface area (Å²) in [5, 5.41) is 3.40. The molecule has 1 heterocycles. The van der Waals surface area contributed by atoms with Crippen LogP contribution in [0, 0.1) is 13.8 Å². The Kier molecular flexibility index (Phi) is 5.01. The maximum Gasteiger partial charge on any atom is 0.224 e. The Bertz CT molecular complexity index is 445. The number of carbonyl (C=O) groups is 1. The van der Waals surface area contributed by atoms with Crippen LogP contribution in [-0.4, -0.2) is 55.5 Å². The molecule has 1 amide bonds. The van der Waals surface area contributed by atoms with Crippen LogP contribution < -0.4 is 5.32 Å². The predicted molar refractivity (Wildman–Crippen MR) is 83.1 cm³/mol. The highest BCUT2D eigenvalue weighted by molar-refractivity contribution is 5.77. The number of anilines is 1. The van der Waals surface area contributed by atoms with Gasteiger partial charge in [-0.25, -0.2) is 0 Å². The van der Waals surface area contributed by atoms with E-state index in [1.54, 1.807) is 0 Å². The van der Waals surface area contributed by atoms with Crippen molar-refractivity contribution in [3.63, 3.8) is 0 Å². The topological polar surface area (TPSA) is 35.6 Å². The zero-order valence-corrected chi connectivity index (χ0v) is 12.8. The molecule has 1 aromatic carbocycles. The number of piperazine rings is 1. The van der Waals surface area contributed by atoms with Gasteiger partial charge in [0, 0.05) is 44.8 Å². The van der Waals surface area contributed by atoms with Gasteiger partial charge in [-0.15, -0.1) is 0 Å². The van der Waals surface area contributed by atoms with Gasteiger partial charge in [-0.05, 0) is 32.0 Å². The summed E-state index contributed by atoms with van der Waals surface area (Å²) in [5.41, 5.74) is 3.63. The molecule has 0 spiro atoms. The standard InChI is InChI=1S/C16H25N3O/c1-13-5-4-6-14(2)16(13)17-8-7-15(20)19-11-9-18(3)10-12-19/h4-6,17H,7-12H2,1-3H3. The SMILES string of the molecule is Cc1cccc(C)c1NCCC(=O)N1CCN(C)CC1. The molecule has 1 N–H and O–H groups in total. The number of hydrogen-bond donors (Lipinski definition) is 1. The number of benzene rings is 1. The third kappa shape index (κ3) is 3.73. The van der Waals surface area contributed by atoms with Crippen molar-refractivity contribution in [3.8, 4) is 0 Å². The van der Waals surface area contributed by atoms with Crippen molar-refractivity contribution in [1.82, 2.24) is 9.80 Å². The Morgan fingerprint density at radius 1 is 1.15 bits per heavy atom. The zero-order valence-electron chi connectivity index (χ0n) is 12.8. The molecule has 1 fully saturated rings. The van der Waals surface area contributed by atoms with E-state index in [2.05, 4.69) is 49.3 Å². The van der Waals surface area contributed by atoms with Gasteiger partial charge in [-0.2, -0.15) is 0 Å². The molecule has 1 saturated heterocycles. The average Bonchev–Trinajstić information content (AvgIpc) is 2.42. The molecule has 0 aliphatic carbocycles. The summed E-state index contributed by atoms with van der Waals surface area (Å²) in [5.74, 6) is 0.261. The van der Waals surface area contributed by atoms with Crippen molar-refractivity contribution in [1.29, 1.82) is 0 Å². The summed E-state index contributed by atoms with van der Waals surface area (Å²) in [6, 6.07) is 6.25. The number of carbonyl (C=O) groups excluding carboxylic acids is 1.